The van der Waals surface area contributed by atoms with E-state index in [-0.39, 0.29) is 41.3 Å². The summed E-state index contributed by atoms with van der Waals surface area (Å²) in [6, 6.07) is 4.50. The summed E-state index contributed by atoms with van der Waals surface area (Å²) in [4.78, 5) is 82.7. The number of carbonyl (C=O) groups is 4. The van der Waals surface area contributed by atoms with E-state index in [1.165, 1.54) is 30.9 Å². The van der Waals surface area contributed by atoms with Gasteiger partial charge in [-0.1, -0.05) is 0 Å². The Hall–Kier alpha value is -5.71. The molecule has 17 nitrogen and oxygen atoms in total. The van der Waals surface area contributed by atoms with Gasteiger partial charge in [-0.05, 0) is 30.7 Å². The fraction of sp³-hybridized carbons (Fsp3) is 0.240. The number of imidazole rings is 1. The van der Waals surface area contributed by atoms with Crippen molar-refractivity contribution in [2.45, 2.75) is 37.4 Å². The minimum absolute atomic E-state index is 0.0243. The van der Waals surface area contributed by atoms with Gasteiger partial charge in [-0.2, -0.15) is 4.98 Å². The number of amides is 1. The van der Waals surface area contributed by atoms with E-state index in [2.05, 4.69) is 40.5 Å². The SMILES string of the molecule is Nc1nc2ncc(CNc3ccc(C(=O)N[C@@H](CCC(=O)O)C(=O)[C@](N)(Cc4c[nH]cn4)C(=O)O)cc3)nc2c(=O)[nH]1. The number of aromatic amines is 2. The second kappa shape index (κ2) is 12.2. The number of carboxylic acids is 2. The topological polar surface area (TPSA) is 285 Å². The highest BCUT2D eigenvalue weighted by Crippen LogP contribution is 2.17. The molecule has 0 aliphatic carbocycles. The van der Waals surface area contributed by atoms with Crippen LogP contribution in [0.25, 0.3) is 11.2 Å². The van der Waals surface area contributed by atoms with Gasteiger partial charge in [0.2, 0.25) is 5.95 Å². The Labute approximate surface area is 235 Å². The zero-order chi connectivity index (χ0) is 30.4. The Morgan fingerprint density at radius 2 is 1.79 bits per heavy atom. The van der Waals surface area contributed by atoms with Crippen LogP contribution in [0.1, 0.15) is 34.6 Å². The van der Waals surface area contributed by atoms with E-state index in [1.807, 2.05) is 0 Å². The molecule has 17 heteroatoms. The summed E-state index contributed by atoms with van der Waals surface area (Å²) >= 11 is 0. The summed E-state index contributed by atoms with van der Waals surface area (Å²) in [6.45, 7) is 0.174. The van der Waals surface area contributed by atoms with Crippen molar-refractivity contribution in [1.29, 1.82) is 0 Å². The van der Waals surface area contributed by atoms with Gasteiger partial charge in [-0.15, -0.1) is 0 Å². The number of aromatic nitrogens is 6. The van der Waals surface area contributed by atoms with Gasteiger partial charge in [0.1, 0.15) is 0 Å². The number of Topliss-reactive ketones (excluding diaryl/α,β-unsaturated/α-hetero) is 1. The number of carboxylic acid groups (broad SMARTS) is 2. The molecule has 0 saturated heterocycles. The van der Waals surface area contributed by atoms with Crippen molar-refractivity contribution in [3.05, 3.63) is 70.3 Å². The monoisotopic (exact) mass is 578 g/mol. The van der Waals surface area contributed by atoms with Gasteiger partial charge in [-0.3, -0.25) is 24.2 Å². The molecule has 4 rings (SSSR count). The van der Waals surface area contributed by atoms with Gasteiger partial charge in [0, 0.05) is 30.3 Å². The van der Waals surface area contributed by atoms with E-state index in [9.17, 15) is 29.1 Å². The lowest BCUT2D eigenvalue weighted by molar-refractivity contribution is -0.149. The van der Waals surface area contributed by atoms with E-state index in [1.54, 1.807) is 12.1 Å². The number of rotatable bonds is 13. The summed E-state index contributed by atoms with van der Waals surface area (Å²) in [5, 5.41) is 24.4. The number of aliphatic carboxylic acids is 2. The number of nitrogens with zero attached hydrogens (tertiary/aromatic N) is 4. The number of ketones is 1. The lowest BCUT2D eigenvalue weighted by Gasteiger charge is -2.28. The number of nitrogen functional groups attached to an aromatic ring is 1. The second-order valence-corrected chi connectivity index (χ2v) is 9.25. The molecule has 0 spiro atoms. The van der Waals surface area contributed by atoms with Gasteiger partial charge in [0.05, 0.1) is 36.5 Å². The molecule has 0 saturated carbocycles. The molecule has 218 valence electrons. The highest BCUT2D eigenvalue weighted by Gasteiger charge is 2.46. The van der Waals surface area contributed by atoms with Crippen LogP contribution >= 0.6 is 0 Å². The minimum atomic E-state index is -2.47. The number of nitrogens with one attached hydrogen (secondary N) is 4. The number of nitrogens with two attached hydrogens (primary N) is 2. The zero-order valence-electron chi connectivity index (χ0n) is 21.8. The summed E-state index contributed by atoms with van der Waals surface area (Å²) < 4.78 is 0. The Morgan fingerprint density at radius 1 is 1.05 bits per heavy atom. The van der Waals surface area contributed by atoms with Crippen molar-refractivity contribution < 1.29 is 29.4 Å². The number of hydrogen-bond acceptors (Lipinski definition) is 12. The van der Waals surface area contributed by atoms with Crippen LogP contribution in [0.3, 0.4) is 0 Å². The molecule has 10 N–H and O–H groups in total. The molecule has 3 heterocycles. The first-order chi connectivity index (χ1) is 20.0. The smallest absolute Gasteiger partial charge is 0.331 e. The Morgan fingerprint density at radius 3 is 2.43 bits per heavy atom. The molecule has 1 amide bonds. The quantitative estimate of drug-likeness (QED) is 0.0900. The highest BCUT2D eigenvalue weighted by atomic mass is 16.4. The van der Waals surface area contributed by atoms with Gasteiger partial charge < -0.3 is 37.3 Å². The van der Waals surface area contributed by atoms with E-state index in [0.29, 0.717) is 11.4 Å². The predicted octanol–water partition coefficient (Wildman–Crippen LogP) is -0.812. The number of fused-ring (bicyclic) bond motifs is 1. The van der Waals surface area contributed by atoms with Crippen molar-refractivity contribution in [2.75, 3.05) is 11.1 Å². The normalized spacial score (nSPS) is 13.2. The average molecular weight is 579 g/mol. The Bertz CT molecular complexity index is 1690. The molecule has 2 atom stereocenters. The maximum atomic E-state index is 13.3. The fourth-order valence-electron chi connectivity index (χ4n) is 4.02. The minimum Gasteiger partial charge on any atom is -0.481 e. The van der Waals surface area contributed by atoms with Crippen molar-refractivity contribution in [1.82, 2.24) is 35.2 Å². The predicted molar refractivity (Wildman–Crippen MR) is 146 cm³/mol. The van der Waals surface area contributed by atoms with Gasteiger partial charge in [-0.25, -0.2) is 19.7 Å². The van der Waals surface area contributed by atoms with Crippen LogP contribution in [-0.4, -0.2) is 75.3 Å². The van der Waals surface area contributed by atoms with E-state index in [0.717, 1.165) is 0 Å². The molecular weight excluding hydrogens is 552 g/mol. The summed E-state index contributed by atoms with van der Waals surface area (Å²) in [6.07, 6.45) is 2.70. The molecule has 1 aromatic carbocycles. The number of hydrogen-bond donors (Lipinski definition) is 8. The molecule has 42 heavy (non-hydrogen) atoms. The van der Waals surface area contributed by atoms with Crippen molar-refractivity contribution in [3.63, 3.8) is 0 Å². The summed E-state index contributed by atoms with van der Waals surface area (Å²) in [5.74, 6) is -4.79. The third kappa shape index (κ3) is 6.70. The van der Waals surface area contributed by atoms with Gasteiger partial charge in [0.25, 0.3) is 11.5 Å². The third-order valence-electron chi connectivity index (χ3n) is 6.21. The van der Waals surface area contributed by atoms with Crippen LogP contribution in [0.2, 0.25) is 0 Å². The zero-order valence-corrected chi connectivity index (χ0v) is 21.8. The van der Waals surface area contributed by atoms with Crippen molar-refractivity contribution in [3.8, 4) is 0 Å². The lowest BCUT2D eigenvalue weighted by Crippen LogP contribution is -2.63. The second-order valence-electron chi connectivity index (χ2n) is 9.25. The molecule has 0 fully saturated rings. The first-order valence-corrected chi connectivity index (χ1v) is 12.4. The fourth-order valence-corrected chi connectivity index (χ4v) is 4.02. The largest absolute Gasteiger partial charge is 0.481 e. The van der Waals surface area contributed by atoms with Crippen LogP contribution in [0.15, 0.2) is 47.8 Å². The first kappa shape index (κ1) is 29.3. The van der Waals surface area contributed by atoms with Crippen LogP contribution in [0.5, 0.6) is 0 Å². The molecular formula is C25H26N10O7. The molecule has 0 radical (unpaired) electrons. The van der Waals surface area contributed by atoms with Crippen LogP contribution in [0.4, 0.5) is 11.6 Å². The maximum absolute atomic E-state index is 13.3. The molecule has 0 aliphatic rings. The molecule has 0 aliphatic heterocycles. The highest BCUT2D eigenvalue weighted by molar-refractivity contribution is 6.11. The molecule has 4 aromatic rings. The number of carbonyl (C=O) groups excluding carboxylic acids is 2. The van der Waals surface area contributed by atoms with Crippen LogP contribution < -0.4 is 27.7 Å². The molecule has 0 unspecified atom stereocenters. The lowest BCUT2D eigenvalue weighted by atomic mass is 9.84. The number of benzene rings is 1. The Kier molecular flexibility index (Phi) is 8.51. The van der Waals surface area contributed by atoms with Crippen molar-refractivity contribution in [2.24, 2.45) is 5.73 Å². The van der Waals surface area contributed by atoms with Crippen molar-refractivity contribution >= 4 is 46.4 Å². The van der Waals surface area contributed by atoms with Gasteiger partial charge >= 0.3 is 11.9 Å². The standard InChI is InChI=1S/C25H26N10O7/c26-24-34-20-18(22(40)35-24)32-15(10-30-20)9-29-13-3-1-12(2-4-13)21(39)33-16(5-6-17(36)37)19(38)25(27,23(41)42)7-14-8-28-11-31-14/h1-4,8,10-11,16,29H,5-7,9,27H2,(H,28,31)(H,33,39)(H,36,37)(H,41,42)(H3,26,30,34,35,40)/t16-,25+/m0/s1. The third-order valence-corrected chi connectivity index (χ3v) is 6.21. The maximum Gasteiger partial charge on any atom is 0.331 e. The van der Waals surface area contributed by atoms with E-state index in [4.69, 9.17) is 16.6 Å². The number of anilines is 2. The molecule has 3 aromatic heterocycles. The van der Waals surface area contributed by atoms with E-state index >= 15 is 0 Å². The first-order valence-electron chi connectivity index (χ1n) is 12.4. The molecule has 0 bridgehead atoms. The summed E-state index contributed by atoms with van der Waals surface area (Å²) in [5.41, 5.74) is 9.94. The Balaban J connectivity index is 1.45. The number of H-pyrrole nitrogens is 2. The van der Waals surface area contributed by atoms with Crippen LogP contribution in [-0.2, 0) is 27.3 Å². The van der Waals surface area contributed by atoms with Gasteiger partial charge in [0.15, 0.2) is 22.5 Å². The van der Waals surface area contributed by atoms with Crippen LogP contribution in [0, 0.1) is 0 Å². The summed E-state index contributed by atoms with van der Waals surface area (Å²) in [7, 11) is 0. The average Bonchev–Trinajstić information content (AvgIpc) is 3.46. The van der Waals surface area contributed by atoms with E-state index < -0.39 is 53.6 Å².